The Kier molecular flexibility index (Phi) is 2.33. The lowest BCUT2D eigenvalue weighted by Gasteiger charge is -2.09. The number of aryl methyl sites for hydroxylation is 1. The number of aromatic nitrogens is 1. The van der Waals surface area contributed by atoms with E-state index in [0.29, 0.717) is 12.5 Å². The average molecular weight is 182 g/mol. The lowest BCUT2D eigenvalue weighted by molar-refractivity contribution is 0.182. The zero-order valence-corrected chi connectivity index (χ0v) is 7.69. The van der Waals surface area contributed by atoms with Gasteiger partial charge in [0, 0.05) is 24.4 Å². The van der Waals surface area contributed by atoms with E-state index in [2.05, 4.69) is 5.16 Å². The van der Waals surface area contributed by atoms with E-state index in [1.54, 1.807) is 0 Å². The van der Waals surface area contributed by atoms with Crippen molar-refractivity contribution < 1.29 is 9.26 Å². The first kappa shape index (κ1) is 8.72. The van der Waals surface area contributed by atoms with Crippen LogP contribution in [-0.4, -0.2) is 24.4 Å². The molecule has 2 unspecified atom stereocenters. The molecule has 1 aromatic rings. The lowest BCUT2D eigenvalue weighted by atomic mass is 9.99. The zero-order chi connectivity index (χ0) is 9.26. The Labute approximate surface area is 77.0 Å². The molecule has 72 valence electrons. The van der Waals surface area contributed by atoms with E-state index in [-0.39, 0.29) is 6.04 Å². The number of hydrogen-bond acceptors (Lipinski definition) is 4. The van der Waals surface area contributed by atoms with Crippen LogP contribution in [0.5, 0.6) is 0 Å². The quantitative estimate of drug-likeness (QED) is 0.723. The number of hydrogen-bond donors (Lipinski definition) is 1. The summed E-state index contributed by atoms with van der Waals surface area (Å²) in [5.74, 6) is 1.29. The summed E-state index contributed by atoms with van der Waals surface area (Å²) in [5.41, 5.74) is 6.77. The van der Waals surface area contributed by atoms with E-state index >= 15 is 0 Å². The molecule has 0 aliphatic carbocycles. The second-order valence-corrected chi connectivity index (χ2v) is 3.60. The highest BCUT2D eigenvalue weighted by Gasteiger charge is 2.26. The van der Waals surface area contributed by atoms with Crippen molar-refractivity contribution in [2.24, 2.45) is 11.7 Å². The number of nitrogens with two attached hydrogens (primary N) is 1. The molecule has 0 bridgehead atoms. The first-order valence-electron chi connectivity index (χ1n) is 4.51. The molecule has 0 radical (unpaired) electrons. The van der Waals surface area contributed by atoms with Gasteiger partial charge in [-0.15, -0.1) is 0 Å². The maximum atomic E-state index is 5.85. The van der Waals surface area contributed by atoms with Crippen LogP contribution in [0.4, 0.5) is 0 Å². The highest BCUT2D eigenvalue weighted by atomic mass is 16.5. The van der Waals surface area contributed by atoms with Crippen molar-refractivity contribution in [1.82, 2.24) is 5.16 Å². The predicted molar refractivity (Wildman–Crippen MR) is 47.2 cm³/mol. The Balaban J connectivity index is 1.97. The molecule has 0 aromatic carbocycles. The Morgan fingerprint density at radius 2 is 2.46 bits per heavy atom. The molecule has 1 fully saturated rings. The summed E-state index contributed by atoms with van der Waals surface area (Å²) in [6.07, 6.45) is 0.835. The summed E-state index contributed by atoms with van der Waals surface area (Å²) < 4.78 is 10.4. The van der Waals surface area contributed by atoms with Gasteiger partial charge in [-0.2, -0.15) is 0 Å². The van der Waals surface area contributed by atoms with Gasteiger partial charge < -0.3 is 15.0 Å². The third-order valence-corrected chi connectivity index (χ3v) is 2.39. The van der Waals surface area contributed by atoms with Crippen molar-refractivity contribution in [3.8, 4) is 0 Å². The number of rotatable bonds is 2. The first-order chi connectivity index (χ1) is 6.25. The van der Waals surface area contributed by atoms with Gasteiger partial charge in [0.1, 0.15) is 5.76 Å². The molecular formula is C9H14N2O2. The second kappa shape index (κ2) is 3.47. The minimum absolute atomic E-state index is 0.144. The molecule has 2 atom stereocenters. The molecule has 4 heteroatoms. The molecule has 1 aliphatic rings. The van der Waals surface area contributed by atoms with Crippen molar-refractivity contribution in [3.63, 3.8) is 0 Å². The summed E-state index contributed by atoms with van der Waals surface area (Å²) in [6, 6.07) is 2.09. The fraction of sp³-hybridized carbons (Fsp3) is 0.667. The Bertz CT molecular complexity index is 285. The van der Waals surface area contributed by atoms with Crippen LogP contribution < -0.4 is 5.73 Å². The fourth-order valence-electron chi connectivity index (χ4n) is 1.60. The molecule has 0 spiro atoms. The van der Waals surface area contributed by atoms with Crippen molar-refractivity contribution in [3.05, 3.63) is 17.5 Å². The minimum atomic E-state index is 0.144. The van der Waals surface area contributed by atoms with Gasteiger partial charge in [-0.1, -0.05) is 5.16 Å². The van der Waals surface area contributed by atoms with Gasteiger partial charge in [-0.3, -0.25) is 0 Å². The Hall–Kier alpha value is -0.870. The van der Waals surface area contributed by atoms with Gasteiger partial charge in [0.25, 0.3) is 0 Å². The van der Waals surface area contributed by atoms with Crippen LogP contribution in [-0.2, 0) is 11.2 Å². The molecule has 13 heavy (non-hydrogen) atoms. The van der Waals surface area contributed by atoms with Gasteiger partial charge >= 0.3 is 0 Å². The van der Waals surface area contributed by atoms with Crippen molar-refractivity contribution in [2.45, 2.75) is 19.4 Å². The molecule has 1 aromatic heterocycles. The van der Waals surface area contributed by atoms with Gasteiger partial charge in [-0.25, -0.2) is 0 Å². The van der Waals surface area contributed by atoms with Crippen LogP contribution in [0.25, 0.3) is 0 Å². The average Bonchev–Trinajstić information content (AvgIpc) is 2.64. The highest BCUT2D eigenvalue weighted by molar-refractivity contribution is 5.04. The molecule has 2 N–H and O–H groups in total. The molecule has 0 amide bonds. The van der Waals surface area contributed by atoms with Gasteiger partial charge in [-0.05, 0) is 6.92 Å². The standard InChI is InChI=1S/C9H14N2O2/c1-6-2-8(13-11-6)3-7-4-12-5-9(7)10/h2,7,9H,3-5,10H2,1H3. The van der Waals surface area contributed by atoms with E-state index < -0.39 is 0 Å². The Morgan fingerprint density at radius 1 is 1.62 bits per heavy atom. The predicted octanol–water partition coefficient (Wildman–Crippen LogP) is 0.499. The summed E-state index contributed by atoms with van der Waals surface area (Å²) in [6.45, 7) is 3.32. The maximum Gasteiger partial charge on any atom is 0.137 e. The number of nitrogens with zero attached hydrogens (tertiary/aromatic N) is 1. The summed E-state index contributed by atoms with van der Waals surface area (Å²) in [4.78, 5) is 0. The lowest BCUT2D eigenvalue weighted by Crippen LogP contribution is -2.29. The third-order valence-electron chi connectivity index (χ3n) is 2.39. The first-order valence-corrected chi connectivity index (χ1v) is 4.51. The molecule has 2 heterocycles. The molecular weight excluding hydrogens is 168 g/mol. The van der Waals surface area contributed by atoms with Crippen LogP contribution >= 0.6 is 0 Å². The largest absolute Gasteiger partial charge is 0.379 e. The van der Waals surface area contributed by atoms with Crippen LogP contribution in [0.1, 0.15) is 11.5 Å². The summed E-state index contributed by atoms with van der Waals surface area (Å²) in [7, 11) is 0. The zero-order valence-electron chi connectivity index (χ0n) is 7.69. The van der Waals surface area contributed by atoms with Crippen LogP contribution in [0.3, 0.4) is 0 Å². The molecule has 1 saturated heterocycles. The SMILES string of the molecule is Cc1cc(CC2COCC2N)on1. The number of ether oxygens (including phenoxy) is 1. The maximum absolute atomic E-state index is 5.85. The fourth-order valence-corrected chi connectivity index (χ4v) is 1.60. The smallest absolute Gasteiger partial charge is 0.137 e. The van der Waals surface area contributed by atoms with Crippen molar-refractivity contribution in [1.29, 1.82) is 0 Å². The van der Waals surface area contributed by atoms with Crippen LogP contribution in [0.15, 0.2) is 10.6 Å². The van der Waals surface area contributed by atoms with Crippen molar-refractivity contribution >= 4 is 0 Å². The van der Waals surface area contributed by atoms with E-state index in [0.717, 1.165) is 24.5 Å². The monoisotopic (exact) mass is 182 g/mol. The molecule has 4 nitrogen and oxygen atoms in total. The minimum Gasteiger partial charge on any atom is -0.379 e. The van der Waals surface area contributed by atoms with E-state index in [9.17, 15) is 0 Å². The Morgan fingerprint density at radius 3 is 3.00 bits per heavy atom. The normalized spacial score (nSPS) is 28.2. The van der Waals surface area contributed by atoms with Gasteiger partial charge in [0.2, 0.25) is 0 Å². The van der Waals surface area contributed by atoms with Crippen molar-refractivity contribution in [2.75, 3.05) is 13.2 Å². The van der Waals surface area contributed by atoms with Gasteiger partial charge in [0.05, 0.1) is 18.9 Å². The summed E-state index contributed by atoms with van der Waals surface area (Å²) in [5, 5.41) is 3.83. The second-order valence-electron chi connectivity index (χ2n) is 3.60. The highest BCUT2D eigenvalue weighted by Crippen LogP contribution is 2.17. The van der Waals surface area contributed by atoms with E-state index in [4.69, 9.17) is 15.0 Å². The van der Waals surface area contributed by atoms with Gasteiger partial charge in [0.15, 0.2) is 0 Å². The summed E-state index contributed by atoms with van der Waals surface area (Å²) >= 11 is 0. The molecule has 0 saturated carbocycles. The van der Waals surface area contributed by atoms with E-state index in [1.165, 1.54) is 0 Å². The topological polar surface area (TPSA) is 61.3 Å². The third kappa shape index (κ3) is 1.89. The molecule has 2 rings (SSSR count). The van der Waals surface area contributed by atoms with Crippen LogP contribution in [0, 0.1) is 12.8 Å². The van der Waals surface area contributed by atoms with E-state index in [1.807, 2.05) is 13.0 Å². The molecule has 1 aliphatic heterocycles. The van der Waals surface area contributed by atoms with Crippen LogP contribution in [0.2, 0.25) is 0 Å².